The van der Waals surface area contributed by atoms with E-state index in [0.717, 1.165) is 66.2 Å². The van der Waals surface area contributed by atoms with Gasteiger partial charge in [-0.3, -0.25) is 14.5 Å². The fourth-order valence-electron chi connectivity index (χ4n) is 5.05. The molecule has 0 spiro atoms. The zero-order valence-corrected chi connectivity index (χ0v) is 19.8. The third-order valence-electron chi connectivity index (χ3n) is 7.23. The highest BCUT2D eigenvalue weighted by atomic mass is 16.5. The van der Waals surface area contributed by atoms with E-state index in [1.54, 1.807) is 6.21 Å². The van der Waals surface area contributed by atoms with Gasteiger partial charge in [0.2, 0.25) is 0 Å². The topological polar surface area (TPSA) is 82.4 Å². The molecule has 3 aliphatic rings. The zero-order valence-electron chi connectivity index (χ0n) is 19.8. The first-order valence-electron chi connectivity index (χ1n) is 12.2. The van der Waals surface area contributed by atoms with E-state index in [2.05, 4.69) is 15.0 Å². The summed E-state index contributed by atoms with van der Waals surface area (Å²) < 4.78 is 5.67. The second kappa shape index (κ2) is 9.00. The third-order valence-corrected chi connectivity index (χ3v) is 7.23. The quantitative estimate of drug-likeness (QED) is 0.695. The van der Waals surface area contributed by atoms with Crippen molar-refractivity contribution in [2.75, 3.05) is 39.3 Å². The monoisotopic (exact) mass is 452 g/mol. The van der Waals surface area contributed by atoms with E-state index in [9.17, 15) is 9.59 Å². The maximum Gasteiger partial charge on any atom is 0.263 e. The van der Waals surface area contributed by atoms with Gasteiger partial charge >= 0.3 is 0 Å². The predicted molar refractivity (Wildman–Crippen MR) is 129 cm³/mol. The van der Waals surface area contributed by atoms with Gasteiger partial charge in [0.05, 0.1) is 23.6 Å². The van der Waals surface area contributed by atoms with Gasteiger partial charge in [-0.15, -0.1) is 0 Å². The number of aromatic nitrogens is 1. The molecular formula is C25H34N5O3+. The Labute approximate surface area is 194 Å². The van der Waals surface area contributed by atoms with Gasteiger partial charge in [0.25, 0.3) is 11.5 Å². The Morgan fingerprint density at radius 3 is 2.67 bits per heavy atom. The van der Waals surface area contributed by atoms with Crippen molar-refractivity contribution in [2.24, 2.45) is 5.10 Å². The predicted octanol–water partition coefficient (Wildman–Crippen LogP) is 1.44. The molecule has 3 heterocycles. The number of hydrogen-bond acceptors (Lipinski definition) is 5. The van der Waals surface area contributed by atoms with Crippen LogP contribution in [0.2, 0.25) is 0 Å². The maximum atomic E-state index is 13.5. The van der Waals surface area contributed by atoms with Crippen molar-refractivity contribution < 1.29 is 14.5 Å². The Morgan fingerprint density at radius 2 is 2.00 bits per heavy atom. The Morgan fingerprint density at radius 1 is 1.24 bits per heavy atom. The van der Waals surface area contributed by atoms with Crippen LogP contribution < -0.4 is 10.6 Å². The number of carbonyl (C=O) groups is 1. The van der Waals surface area contributed by atoms with Crippen LogP contribution in [0, 0.1) is 6.92 Å². The number of carbonyl (C=O) groups excluding carboxylic acids is 1. The van der Waals surface area contributed by atoms with Crippen LogP contribution in [0.4, 0.5) is 5.69 Å². The molecule has 1 aromatic heterocycles. The summed E-state index contributed by atoms with van der Waals surface area (Å²) in [5, 5.41) is 6.58. The first-order chi connectivity index (χ1) is 15.9. The number of aromatic amines is 1. The van der Waals surface area contributed by atoms with Crippen LogP contribution in [-0.2, 0) is 4.74 Å². The van der Waals surface area contributed by atoms with Crippen molar-refractivity contribution in [2.45, 2.75) is 52.2 Å². The Kier molecular flexibility index (Phi) is 6.07. The number of pyridine rings is 1. The number of quaternary nitrogens is 1. The molecule has 1 saturated carbocycles. The fraction of sp³-hybridized carbons (Fsp3) is 0.560. The molecular weight excluding hydrogens is 418 g/mol. The van der Waals surface area contributed by atoms with Crippen LogP contribution in [0.3, 0.4) is 0 Å². The maximum absolute atomic E-state index is 13.5. The Balaban J connectivity index is 1.38. The number of benzene rings is 1. The van der Waals surface area contributed by atoms with E-state index < -0.39 is 0 Å². The third kappa shape index (κ3) is 4.23. The second-order valence-electron chi connectivity index (χ2n) is 9.78. The second-order valence-corrected chi connectivity index (χ2v) is 9.78. The lowest BCUT2D eigenvalue weighted by Gasteiger charge is -2.35. The average Bonchev–Trinajstić information content (AvgIpc) is 3.17. The van der Waals surface area contributed by atoms with E-state index in [-0.39, 0.29) is 17.6 Å². The first-order valence-corrected chi connectivity index (χ1v) is 12.2. The number of amides is 1. The lowest BCUT2D eigenvalue weighted by Crippen LogP contribution is -3.07. The van der Waals surface area contributed by atoms with Gasteiger partial charge < -0.3 is 14.6 Å². The molecule has 1 aliphatic carbocycles. The summed E-state index contributed by atoms with van der Waals surface area (Å²) in [6.07, 6.45) is 5.38. The van der Waals surface area contributed by atoms with Gasteiger partial charge in [-0.25, -0.2) is 0 Å². The standard InChI is InChI=1S/C25H33N5O3/c1-16(2)33-12-11-28-7-9-29(10-8-28)25(32)19-14-20-22(13-17(19)3)27-24(31)21-15-26-30(23(20)21)18-5-4-6-18/h13-16,18H,4-12H2,1-3H3,(H,27,31)/p+1. The van der Waals surface area contributed by atoms with Gasteiger partial charge in [-0.1, -0.05) is 5.10 Å². The number of fused-ring (bicyclic) bond motifs is 3. The summed E-state index contributed by atoms with van der Waals surface area (Å²) in [6.45, 7) is 10.8. The van der Waals surface area contributed by atoms with E-state index in [0.29, 0.717) is 30.3 Å². The van der Waals surface area contributed by atoms with Crippen molar-refractivity contribution in [3.05, 3.63) is 39.2 Å². The van der Waals surface area contributed by atoms with Crippen molar-refractivity contribution in [1.29, 1.82) is 0 Å². The van der Waals surface area contributed by atoms with Crippen molar-refractivity contribution >= 4 is 28.7 Å². The summed E-state index contributed by atoms with van der Waals surface area (Å²) in [6, 6.07) is 4.35. The highest BCUT2D eigenvalue weighted by Gasteiger charge is 2.37. The Bertz CT molecular complexity index is 1140. The fourth-order valence-corrected chi connectivity index (χ4v) is 5.05. The molecule has 0 radical (unpaired) electrons. The molecule has 1 atom stereocenters. The van der Waals surface area contributed by atoms with Crippen LogP contribution in [-0.4, -0.2) is 78.4 Å². The number of nitrogens with zero attached hydrogens (tertiary/aromatic N) is 3. The molecule has 5 rings (SSSR count). The van der Waals surface area contributed by atoms with Crippen LogP contribution in [0.25, 0.3) is 10.9 Å². The molecule has 1 aromatic carbocycles. The molecule has 8 heteroatoms. The largest absolute Gasteiger partial charge is 0.377 e. The molecule has 2 aliphatic heterocycles. The minimum absolute atomic E-state index is 0.0662. The van der Waals surface area contributed by atoms with E-state index in [4.69, 9.17) is 4.74 Å². The molecule has 33 heavy (non-hydrogen) atoms. The molecule has 2 N–H and O–H groups in total. The summed E-state index contributed by atoms with van der Waals surface area (Å²) in [4.78, 5) is 33.5. The number of H-pyrrole nitrogens is 1. The molecule has 2 aromatic rings. The lowest BCUT2D eigenvalue weighted by molar-refractivity contribution is -0.870. The van der Waals surface area contributed by atoms with E-state index >= 15 is 0 Å². The van der Waals surface area contributed by atoms with Crippen LogP contribution >= 0.6 is 0 Å². The van der Waals surface area contributed by atoms with Crippen LogP contribution in [0.15, 0.2) is 22.0 Å². The molecule has 8 nitrogen and oxygen atoms in total. The number of piperazine rings is 1. The zero-order chi connectivity index (χ0) is 23.1. The van der Waals surface area contributed by atoms with Gasteiger partial charge in [0, 0.05) is 51.1 Å². The number of aryl methyl sites for hydroxylation is 1. The molecule has 176 valence electrons. The summed E-state index contributed by atoms with van der Waals surface area (Å²) in [7, 11) is 0. The van der Waals surface area contributed by atoms with Crippen LogP contribution in [0.1, 0.15) is 54.6 Å². The first kappa shape index (κ1) is 22.3. The highest BCUT2D eigenvalue weighted by molar-refractivity contribution is 6.04. The summed E-state index contributed by atoms with van der Waals surface area (Å²) >= 11 is 0. The van der Waals surface area contributed by atoms with Crippen LogP contribution in [0.5, 0.6) is 0 Å². The molecule has 0 bridgehead atoms. The minimum atomic E-state index is -0.105. The molecule has 1 saturated heterocycles. The normalized spacial score (nSPS) is 21.1. The summed E-state index contributed by atoms with van der Waals surface area (Å²) in [5.41, 5.74) is 3.84. The number of ether oxygens (including phenoxy) is 1. The van der Waals surface area contributed by atoms with E-state index in [1.807, 2.05) is 37.8 Å². The molecule has 1 unspecified atom stereocenters. The molecule has 1 amide bonds. The van der Waals surface area contributed by atoms with Crippen molar-refractivity contribution in [3.8, 4) is 0 Å². The smallest absolute Gasteiger partial charge is 0.263 e. The van der Waals surface area contributed by atoms with Gasteiger partial charge in [-0.05, 0) is 44.9 Å². The van der Waals surface area contributed by atoms with Gasteiger partial charge in [0.15, 0.2) is 5.69 Å². The summed E-state index contributed by atoms with van der Waals surface area (Å²) in [5.74, 6) is 0.0662. The van der Waals surface area contributed by atoms with Gasteiger partial charge in [-0.2, -0.15) is 5.01 Å². The van der Waals surface area contributed by atoms with Crippen molar-refractivity contribution in [1.82, 2.24) is 14.8 Å². The lowest BCUT2D eigenvalue weighted by atomic mass is 9.91. The number of nitrogens with one attached hydrogen (secondary N) is 2. The Hall–Kier alpha value is -2.55. The SMILES string of the molecule is Cc1cc2[nH]c(=O)c3c(c2cc1C(=O)N1CCN(CCOC(C)C)CC1)[NH+](C1CCC1)N=C3. The van der Waals surface area contributed by atoms with Crippen molar-refractivity contribution in [3.63, 3.8) is 0 Å². The number of rotatable bonds is 6. The highest BCUT2D eigenvalue weighted by Crippen LogP contribution is 2.28. The number of hydrogen-bond donors (Lipinski definition) is 2. The van der Waals surface area contributed by atoms with Gasteiger partial charge in [0.1, 0.15) is 17.8 Å². The average molecular weight is 453 g/mol. The minimum Gasteiger partial charge on any atom is -0.377 e. The van der Waals surface area contributed by atoms with E-state index in [1.165, 1.54) is 6.42 Å². The molecule has 2 fully saturated rings.